The Labute approximate surface area is 211 Å². The third-order valence-corrected chi connectivity index (χ3v) is 5.95. The summed E-state index contributed by atoms with van der Waals surface area (Å²) in [5.41, 5.74) is 1.79. The van der Waals surface area contributed by atoms with E-state index >= 15 is 0 Å². The van der Waals surface area contributed by atoms with Crippen molar-refractivity contribution in [2.24, 2.45) is 0 Å². The zero-order valence-corrected chi connectivity index (χ0v) is 20.4. The molecule has 0 fully saturated rings. The summed E-state index contributed by atoms with van der Waals surface area (Å²) in [5, 5.41) is 3.57. The van der Waals surface area contributed by atoms with E-state index in [1.165, 1.54) is 13.2 Å². The van der Waals surface area contributed by atoms with Gasteiger partial charge in [-0.25, -0.2) is 0 Å². The number of esters is 2. The van der Waals surface area contributed by atoms with E-state index in [2.05, 4.69) is 11.9 Å². The van der Waals surface area contributed by atoms with Crippen LogP contribution in [-0.4, -0.2) is 37.5 Å². The maximum Gasteiger partial charge on any atom is 0.313 e. The molecule has 3 aromatic rings. The van der Waals surface area contributed by atoms with Gasteiger partial charge in [0.15, 0.2) is 5.78 Å². The Morgan fingerprint density at radius 2 is 1.31 bits per heavy atom. The molecule has 0 aromatic heterocycles. The predicted octanol–water partition coefficient (Wildman–Crippen LogP) is 4.58. The predicted molar refractivity (Wildman–Crippen MR) is 138 cm³/mol. The SMILES string of the molecule is C=CCOC(=O)CC(=O)[C@H](CCC(=O)OC)NC(c1ccccc1)(c1ccccc1)c1ccccc1. The average Bonchev–Trinajstić information content (AvgIpc) is 2.93. The average molecular weight is 486 g/mol. The van der Waals surface area contributed by atoms with E-state index in [1.807, 2.05) is 91.0 Å². The van der Waals surface area contributed by atoms with Crippen LogP contribution in [0.3, 0.4) is 0 Å². The quantitative estimate of drug-likeness (QED) is 0.165. The minimum absolute atomic E-state index is 0.00998. The first-order chi connectivity index (χ1) is 17.5. The molecular formula is C30H31NO5. The second-order valence-electron chi connectivity index (χ2n) is 8.27. The fourth-order valence-corrected chi connectivity index (χ4v) is 4.22. The molecule has 0 radical (unpaired) electrons. The van der Waals surface area contributed by atoms with E-state index in [0.29, 0.717) is 0 Å². The van der Waals surface area contributed by atoms with E-state index in [1.54, 1.807) is 0 Å². The molecule has 6 nitrogen and oxygen atoms in total. The maximum absolute atomic E-state index is 13.4. The van der Waals surface area contributed by atoms with Crippen molar-refractivity contribution in [2.45, 2.75) is 30.8 Å². The van der Waals surface area contributed by atoms with Crippen LogP contribution in [0, 0.1) is 0 Å². The third-order valence-electron chi connectivity index (χ3n) is 5.95. The van der Waals surface area contributed by atoms with E-state index in [4.69, 9.17) is 9.47 Å². The Hall–Kier alpha value is -4.03. The molecule has 0 aliphatic rings. The fourth-order valence-electron chi connectivity index (χ4n) is 4.22. The van der Waals surface area contributed by atoms with Crippen molar-refractivity contribution in [3.63, 3.8) is 0 Å². The van der Waals surface area contributed by atoms with Crippen LogP contribution in [0.2, 0.25) is 0 Å². The van der Waals surface area contributed by atoms with Gasteiger partial charge in [0.25, 0.3) is 0 Å². The van der Waals surface area contributed by atoms with Crippen LogP contribution in [0.1, 0.15) is 36.0 Å². The van der Waals surface area contributed by atoms with E-state index in [-0.39, 0.29) is 25.2 Å². The van der Waals surface area contributed by atoms with Gasteiger partial charge in [-0.05, 0) is 23.1 Å². The summed E-state index contributed by atoms with van der Waals surface area (Å²) in [6.07, 6.45) is 1.17. The van der Waals surface area contributed by atoms with Crippen LogP contribution in [0.5, 0.6) is 0 Å². The van der Waals surface area contributed by atoms with Crippen LogP contribution in [-0.2, 0) is 29.4 Å². The van der Waals surface area contributed by atoms with Crippen molar-refractivity contribution in [1.82, 2.24) is 5.32 Å². The molecule has 0 heterocycles. The highest BCUT2D eigenvalue weighted by molar-refractivity contribution is 5.98. The molecule has 3 rings (SSSR count). The minimum atomic E-state index is -0.939. The maximum atomic E-state index is 13.4. The van der Waals surface area contributed by atoms with Gasteiger partial charge >= 0.3 is 11.9 Å². The Balaban J connectivity index is 2.12. The van der Waals surface area contributed by atoms with Crippen molar-refractivity contribution in [3.8, 4) is 0 Å². The second kappa shape index (κ2) is 13.2. The van der Waals surface area contributed by atoms with Crippen molar-refractivity contribution < 1.29 is 23.9 Å². The Bertz CT molecular complexity index is 1050. The lowest BCUT2D eigenvalue weighted by molar-refractivity contribution is -0.145. The van der Waals surface area contributed by atoms with Gasteiger partial charge in [0, 0.05) is 6.42 Å². The smallest absolute Gasteiger partial charge is 0.313 e. The zero-order valence-electron chi connectivity index (χ0n) is 20.4. The number of carbonyl (C=O) groups excluding carboxylic acids is 3. The number of hydrogen-bond acceptors (Lipinski definition) is 6. The van der Waals surface area contributed by atoms with Crippen molar-refractivity contribution in [1.29, 1.82) is 0 Å². The van der Waals surface area contributed by atoms with Crippen LogP contribution >= 0.6 is 0 Å². The van der Waals surface area contributed by atoms with Crippen LogP contribution in [0.15, 0.2) is 104 Å². The standard InChI is InChI=1S/C30H31NO5/c1-3-21-36-29(34)22-27(32)26(19-20-28(33)35-2)31-30(23-13-7-4-8-14-23,24-15-9-5-10-16-24)25-17-11-6-12-18-25/h3-18,26,31H,1,19-22H2,2H3/t26-/m0/s1. The largest absolute Gasteiger partial charge is 0.469 e. The Morgan fingerprint density at radius 3 is 1.72 bits per heavy atom. The van der Waals surface area contributed by atoms with Crippen molar-refractivity contribution in [2.75, 3.05) is 13.7 Å². The van der Waals surface area contributed by atoms with Crippen LogP contribution in [0.25, 0.3) is 0 Å². The first-order valence-corrected chi connectivity index (χ1v) is 11.8. The first kappa shape index (κ1) is 26.6. The number of hydrogen-bond donors (Lipinski definition) is 1. The number of ketones is 1. The summed E-state index contributed by atoms with van der Waals surface area (Å²) in [6, 6.07) is 28.5. The molecule has 186 valence electrons. The van der Waals surface area contributed by atoms with Gasteiger partial charge in [0.1, 0.15) is 13.0 Å². The second-order valence-corrected chi connectivity index (χ2v) is 8.27. The lowest BCUT2D eigenvalue weighted by atomic mass is 9.76. The summed E-state index contributed by atoms with van der Waals surface area (Å²) in [6.45, 7) is 3.55. The van der Waals surface area contributed by atoms with E-state index < -0.39 is 29.9 Å². The molecular weight excluding hydrogens is 454 g/mol. The highest BCUT2D eigenvalue weighted by Gasteiger charge is 2.40. The number of Topliss-reactive ketones (excluding diaryl/α,β-unsaturated/α-hetero) is 1. The van der Waals surface area contributed by atoms with Gasteiger partial charge in [-0.2, -0.15) is 0 Å². The lowest BCUT2D eigenvalue weighted by Crippen LogP contribution is -2.53. The Kier molecular flexibility index (Phi) is 9.72. The number of carbonyl (C=O) groups is 3. The lowest BCUT2D eigenvalue weighted by Gasteiger charge is -2.40. The summed E-state index contributed by atoms with van der Waals surface area (Å²) < 4.78 is 9.86. The van der Waals surface area contributed by atoms with Crippen molar-refractivity contribution in [3.05, 3.63) is 120 Å². The molecule has 0 unspecified atom stereocenters. The summed E-state index contributed by atoms with van der Waals surface area (Å²) in [7, 11) is 1.31. The fraction of sp³-hybridized carbons (Fsp3) is 0.233. The van der Waals surface area contributed by atoms with Gasteiger partial charge in [0.2, 0.25) is 0 Å². The van der Waals surface area contributed by atoms with Crippen LogP contribution < -0.4 is 5.32 Å². The third kappa shape index (κ3) is 6.55. The van der Waals surface area contributed by atoms with Crippen molar-refractivity contribution >= 4 is 17.7 Å². The number of nitrogens with one attached hydrogen (secondary N) is 1. The summed E-state index contributed by atoms with van der Waals surface area (Å²) in [4.78, 5) is 37.7. The topological polar surface area (TPSA) is 81.7 Å². The monoisotopic (exact) mass is 485 g/mol. The highest BCUT2D eigenvalue weighted by atomic mass is 16.5. The summed E-state index contributed by atoms with van der Waals surface area (Å²) in [5.74, 6) is -1.46. The Morgan fingerprint density at radius 1 is 0.833 bits per heavy atom. The molecule has 0 saturated carbocycles. The van der Waals surface area contributed by atoms with Crippen LogP contribution in [0.4, 0.5) is 0 Å². The molecule has 0 amide bonds. The van der Waals surface area contributed by atoms with Gasteiger partial charge in [-0.15, -0.1) is 0 Å². The molecule has 0 saturated heterocycles. The molecule has 0 spiro atoms. The first-order valence-electron chi connectivity index (χ1n) is 11.8. The molecule has 6 heteroatoms. The number of benzene rings is 3. The van der Waals surface area contributed by atoms with Gasteiger partial charge < -0.3 is 9.47 Å². The number of ether oxygens (including phenoxy) is 2. The molecule has 0 aliphatic heterocycles. The molecule has 3 aromatic carbocycles. The summed E-state index contributed by atoms with van der Waals surface area (Å²) >= 11 is 0. The minimum Gasteiger partial charge on any atom is -0.469 e. The van der Waals surface area contributed by atoms with E-state index in [0.717, 1.165) is 16.7 Å². The van der Waals surface area contributed by atoms with Gasteiger partial charge in [0.05, 0.1) is 18.7 Å². The van der Waals surface area contributed by atoms with Gasteiger partial charge in [-0.3, -0.25) is 19.7 Å². The normalized spacial score (nSPS) is 11.8. The molecule has 0 bridgehead atoms. The van der Waals surface area contributed by atoms with Gasteiger partial charge in [-0.1, -0.05) is 104 Å². The number of rotatable bonds is 13. The van der Waals surface area contributed by atoms with E-state index in [9.17, 15) is 14.4 Å². The molecule has 36 heavy (non-hydrogen) atoms. The molecule has 1 N–H and O–H groups in total. The highest BCUT2D eigenvalue weighted by Crippen LogP contribution is 2.37. The molecule has 1 atom stereocenters. The zero-order chi connectivity index (χ0) is 25.8. The molecule has 0 aliphatic carbocycles. The number of methoxy groups -OCH3 is 1.